The van der Waals surface area contributed by atoms with Crippen LogP contribution in [0.2, 0.25) is 0 Å². The molecule has 1 rings (SSSR count). The molecule has 0 unspecified atom stereocenters. The molecular weight excluding hydrogens is 302 g/mol. The zero-order valence-electron chi connectivity index (χ0n) is 7.00. The van der Waals surface area contributed by atoms with Gasteiger partial charge in [0.2, 0.25) is 0 Å². The Labute approximate surface area is 97.8 Å². The average molecular weight is 311 g/mol. The maximum atomic E-state index is 12.4. The highest BCUT2D eigenvalue weighted by Gasteiger charge is 1.92. The van der Waals surface area contributed by atoms with E-state index in [2.05, 4.69) is 4.99 Å². The van der Waals surface area contributed by atoms with Gasteiger partial charge in [-0.3, -0.25) is 0 Å². The van der Waals surface area contributed by atoms with Gasteiger partial charge in [-0.1, -0.05) is 11.8 Å². The van der Waals surface area contributed by atoms with Crippen LogP contribution in [0.15, 0.2) is 29.3 Å². The second kappa shape index (κ2) is 6.20. The first-order valence-corrected chi connectivity index (χ1v) is 4.58. The number of benzene rings is 1. The SMILES string of the molecule is CSC(N)=Nc1ccc(F)cc1.[I-]. The molecule has 0 aromatic heterocycles. The summed E-state index contributed by atoms with van der Waals surface area (Å²) < 4.78 is 12.4. The molecule has 0 spiro atoms. The van der Waals surface area contributed by atoms with E-state index in [0.717, 1.165) is 0 Å². The number of aliphatic imine (C=N–C) groups is 1. The summed E-state index contributed by atoms with van der Waals surface area (Å²) in [6.45, 7) is 0. The van der Waals surface area contributed by atoms with Crippen molar-refractivity contribution in [2.75, 3.05) is 6.26 Å². The first-order valence-electron chi connectivity index (χ1n) is 3.36. The molecule has 0 heterocycles. The second-order valence-corrected chi connectivity index (χ2v) is 2.96. The van der Waals surface area contributed by atoms with Gasteiger partial charge >= 0.3 is 0 Å². The summed E-state index contributed by atoms with van der Waals surface area (Å²) in [6.07, 6.45) is 1.84. The van der Waals surface area contributed by atoms with Crippen molar-refractivity contribution in [1.82, 2.24) is 0 Å². The Morgan fingerprint density at radius 1 is 1.38 bits per heavy atom. The molecule has 1 aromatic rings. The average Bonchev–Trinajstić information content (AvgIpc) is 2.09. The fourth-order valence-corrected chi connectivity index (χ4v) is 0.885. The van der Waals surface area contributed by atoms with E-state index < -0.39 is 0 Å². The van der Waals surface area contributed by atoms with Crippen LogP contribution >= 0.6 is 11.8 Å². The molecule has 0 saturated carbocycles. The van der Waals surface area contributed by atoms with Crippen molar-refractivity contribution in [2.24, 2.45) is 10.7 Å². The summed E-state index contributed by atoms with van der Waals surface area (Å²) in [5.41, 5.74) is 6.13. The van der Waals surface area contributed by atoms with Gasteiger partial charge in [0.15, 0.2) is 5.17 Å². The fraction of sp³-hybridized carbons (Fsp3) is 0.125. The van der Waals surface area contributed by atoms with Gasteiger partial charge in [-0.25, -0.2) is 9.38 Å². The molecule has 0 aliphatic heterocycles. The van der Waals surface area contributed by atoms with Crippen molar-refractivity contribution in [3.63, 3.8) is 0 Å². The molecule has 1 aromatic carbocycles. The smallest absolute Gasteiger partial charge is 0.158 e. The monoisotopic (exact) mass is 311 g/mol. The van der Waals surface area contributed by atoms with Crippen molar-refractivity contribution in [3.05, 3.63) is 30.1 Å². The molecule has 0 fully saturated rings. The Kier molecular flexibility index (Phi) is 6.06. The zero-order valence-corrected chi connectivity index (χ0v) is 9.97. The quantitative estimate of drug-likeness (QED) is 0.416. The van der Waals surface area contributed by atoms with Gasteiger partial charge in [-0.15, -0.1) is 0 Å². The lowest BCUT2D eigenvalue weighted by Gasteiger charge is -1.95. The van der Waals surface area contributed by atoms with E-state index in [4.69, 9.17) is 5.73 Å². The minimum atomic E-state index is -0.267. The van der Waals surface area contributed by atoms with E-state index in [1.165, 1.54) is 23.9 Å². The molecule has 5 heteroatoms. The number of nitrogens with zero attached hydrogens (tertiary/aromatic N) is 1. The van der Waals surface area contributed by atoms with Crippen molar-refractivity contribution in [1.29, 1.82) is 0 Å². The van der Waals surface area contributed by atoms with Gasteiger partial charge in [0.1, 0.15) is 5.82 Å². The van der Waals surface area contributed by atoms with Crippen LogP contribution in [0.25, 0.3) is 0 Å². The first kappa shape index (κ1) is 12.7. The molecule has 0 amide bonds. The summed E-state index contributed by atoms with van der Waals surface area (Å²) >= 11 is 1.36. The molecule has 0 aliphatic rings. The van der Waals surface area contributed by atoms with E-state index in [1.54, 1.807) is 12.1 Å². The van der Waals surface area contributed by atoms with E-state index in [9.17, 15) is 4.39 Å². The Bertz CT molecular complexity index is 287. The molecule has 2 nitrogen and oxygen atoms in total. The van der Waals surface area contributed by atoms with E-state index >= 15 is 0 Å². The van der Waals surface area contributed by atoms with Crippen LogP contribution in [0, 0.1) is 5.82 Å². The lowest BCUT2D eigenvalue weighted by atomic mass is 10.3. The molecule has 13 heavy (non-hydrogen) atoms. The van der Waals surface area contributed by atoms with Crippen molar-refractivity contribution in [2.45, 2.75) is 0 Å². The topological polar surface area (TPSA) is 38.4 Å². The minimum Gasteiger partial charge on any atom is -1.00 e. The number of amidine groups is 1. The Morgan fingerprint density at radius 3 is 2.38 bits per heavy atom. The molecule has 0 radical (unpaired) electrons. The summed E-state index contributed by atoms with van der Waals surface area (Å²) in [7, 11) is 0. The predicted molar refractivity (Wildman–Crippen MR) is 51.2 cm³/mol. The predicted octanol–water partition coefficient (Wildman–Crippen LogP) is -0.861. The number of hydrogen-bond donors (Lipinski definition) is 1. The molecule has 0 bridgehead atoms. The molecule has 0 atom stereocenters. The van der Waals surface area contributed by atoms with Crippen molar-refractivity contribution < 1.29 is 28.4 Å². The maximum absolute atomic E-state index is 12.4. The summed E-state index contributed by atoms with van der Waals surface area (Å²) in [5.74, 6) is -0.267. The normalized spacial score (nSPS) is 10.8. The van der Waals surface area contributed by atoms with Crippen LogP contribution in [0.3, 0.4) is 0 Å². The third-order valence-corrected chi connectivity index (χ3v) is 1.78. The van der Waals surface area contributed by atoms with Gasteiger partial charge < -0.3 is 29.7 Å². The fourth-order valence-electron chi connectivity index (χ4n) is 0.689. The van der Waals surface area contributed by atoms with E-state index in [1.807, 2.05) is 6.26 Å². The molecular formula is C8H9FIN2S-. The van der Waals surface area contributed by atoms with Crippen molar-refractivity contribution in [3.8, 4) is 0 Å². The van der Waals surface area contributed by atoms with Gasteiger partial charge in [-0.05, 0) is 30.5 Å². The van der Waals surface area contributed by atoms with Crippen LogP contribution in [0.4, 0.5) is 10.1 Å². The highest BCUT2D eigenvalue weighted by atomic mass is 127. The highest BCUT2D eigenvalue weighted by molar-refractivity contribution is 8.13. The zero-order chi connectivity index (χ0) is 8.97. The van der Waals surface area contributed by atoms with Crippen LogP contribution in [-0.2, 0) is 0 Å². The molecule has 2 N–H and O–H groups in total. The van der Waals surface area contributed by atoms with Gasteiger partial charge in [-0.2, -0.15) is 0 Å². The lowest BCUT2D eigenvalue weighted by Crippen LogP contribution is -3.00. The van der Waals surface area contributed by atoms with Crippen LogP contribution in [-0.4, -0.2) is 11.4 Å². The van der Waals surface area contributed by atoms with Crippen LogP contribution in [0.5, 0.6) is 0 Å². The third-order valence-electron chi connectivity index (χ3n) is 1.28. The minimum absolute atomic E-state index is 0. The van der Waals surface area contributed by atoms with E-state index in [0.29, 0.717) is 10.9 Å². The molecule has 0 saturated heterocycles. The number of halogens is 2. The van der Waals surface area contributed by atoms with Crippen molar-refractivity contribution >= 4 is 22.6 Å². The first-order chi connectivity index (χ1) is 5.72. The standard InChI is InChI=1S/C8H9FN2S.HI/c1-12-8(10)11-7-4-2-6(9)3-5-7;/h2-5H,1H3,(H2,10,11);1H/p-1. The van der Waals surface area contributed by atoms with E-state index in [-0.39, 0.29) is 29.8 Å². The van der Waals surface area contributed by atoms with Gasteiger partial charge in [0.05, 0.1) is 5.69 Å². The second-order valence-electron chi connectivity index (χ2n) is 2.13. The third kappa shape index (κ3) is 4.47. The summed E-state index contributed by atoms with van der Waals surface area (Å²) in [5, 5.41) is 0.474. The van der Waals surface area contributed by atoms with Gasteiger partial charge in [0.25, 0.3) is 0 Å². The summed E-state index contributed by atoms with van der Waals surface area (Å²) in [6, 6.07) is 5.87. The Morgan fingerprint density at radius 2 is 1.92 bits per heavy atom. The molecule has 0 aliphatic carbocycles. The molecule has 72 valence electrons. The summed E-state index contributed by atoms with van der Waals surface area (Å²) in [4.78, 5) is 4.01. The van der Waals surface area contributed by atoms with Crippen LogP contribution < -0.4 is 29.7 Å². The number of hydrogen-bond acceptors (Lipinski definition) is 2. The van der Waals surface area contributed by atoms with Crippen LogP contribution in [0.1, 0.15) is 0 Å². The Balaban J connectivity index is 0.00000144. The number of nitrogens with two attached hydrogens (primary N) is 1. The largest absolute Gasteiger partial charge is 1.00 e. The lowest BCUT2D eigenvalue weighted by molar-refractivity contribution is -0.00000320. The number of rotatable bonds is 1. The number of thioether (sulfide) groups is 1. The van der Waals surface area contributed by atoms with Gasteiger partial charge in [0, 0.05) is 0 Å². The highest BCUT2D eigenvalue weighted by Crippen LogP contribution is 2.13. The Hall–Kier alpha value is -0.300. The maximum Gasteiger partial charge on any atom is 0.158 e.